The highest BCUT2D eigenvalue weighted by Gasteiger charge is 2.22. The molecule has 5 heteroatoms. The number of rotatable bonds is 5. The predicted molar refractivity (Wildman–Crippen MR) is 70.2 cm³/mol. The molecule has 0 saturated heterocycles. The van der Waals surface area contributed by atoms with Gasteiger partial charge in [0, 0.05) is 32.5 Å². The lowest BCUT2D eigenvalue weighted by Crippen LogP contribution is -2.42. The Bertz CT molecular complexity index is 425. The molecule has 5 nitrogen and oxygen atoms in total. The second-order valence-electron chi connectivity index (χ2n) is 5.05. The van der Waals surface area contributed by atoms with E-state index in [1.807, 2.05) is 11.8 Å². The van der Waals surface area contributed by atoms with Crippen molar-refractivity contribution < 1.29 is 0 Å². The van der Waals surface area contributed by atoms with Crippen LogP contribution in [0.2, 0.25) is 0 Å². The van der Waals surface area contributed by atoms with Crippen molar-refractivity contribution in [1.82, 2.24) is 9.55 Å². The first kappa shape index (κ1) is 13.7. The van der Waals surface area contributed by atoms with Crippen LogP contribution in [0.1, 0.15) is 20.8 Å². The van der Waals surface area contributed by atoms with Crippen molar-refractivity contribution in [2.45, 2.75) is 20.8 Å². The van der Waals surface area contributed by atoms with Gasteiger partial charge in [0.1, 0.15) is 0 Å². The average molecular weight is 238 g/mol. The minimum Gasteiger partial charge on any atom is -0.352 e. The Morgan fingerprint density at radius 1 is 1.53 bits per heavy atom. The maximum absolute atomic E-state index is 12.0. The van der Waals surface area contributed by atoms with E-state index in [1.54, 1.807) is 24.0 Å². The van der Waals surface area contributed by atoms with Gasteiger partial charge in [0.15, 0.2) is 5.82 Å². The molecule has 0 bridgehead atoms. The topological polar surface area (TPSA) is 64.2 Å². The maximum Gasteiger partial charge on any atom is 0.293 e. The lowest BCUT2D eigenvalue weighted by Gasteiger charge is -2.31. The third kappa shape index (κ3) is 3.30. The van der Waals surface area contributed by atoms with E-state index in [9.17, 15) is 4.79 Å². The van der Waals surface area contributed by atoms with E-state index in [1.165, 1.54) is 0 Å². The van der Waals surface area contributed by atoms with E-state index >= 15 is 0 Å². The van der Waals surface area contributed by atoms with Crippen LogP contribution in [0.4, 0.5) is 5.82 Å². The molecule has 0 unspecified atom stereocenters. The number of anilines is 1. The molecule has 0 fully saturated rings. The van der Waals surface area contributed by atoms with Gasteiger partial charge in [-0.25, -0.2) is 4.98 Å². The monoisotopic (exact) mass is 238 g/mol. The minimum absolute atomic E-state index is 0.0292. The Morgan fingerprint density at radius 3 is 2.71 bits per heavy atom. The van der Waals surface area contributed by atoms with Gasteiger partial charge < -0.3 is 15.2 Å². The summed E-state index contributed by atoms with van der Waals surface area (Å²) >= 11 is 0. The first-order chi connectivity index (χ1) is 7.91. The highest BCUT2D eigenvalue weighted by atomic mass is 16.1. The number of nitrogens with zero attached hydrogens (tertiary/aromatic N) is 3. The molecule has 0 saturated carbocycles. The third-order valence-corrected chi connectivity index (χ3v) is 2.85. The number of hydrogen-bond donors (Lipinski definition) is 1. The number of hydrogen-bond acceptors (Lipinski definition) is 4. The fourth-order valence-electron chi connectivity index (χ4n) is 1.62. The van der Waals surface area contributed by atoms with E-state index in [0.717, 1.165) is 13.1 Å². The molecule has 0 amide bonds. The van der Waals surface area contributed by atoms with Crippen LogP contribution in [0, 0.1) is 5.41 Å². The van der Waals surface area contributed by atoms with Gasteiger partial charge in [-0.05, 0) is 18.9 Å². The molecule has 0 aromatic carbocycles. The smallest absolute Gasteiger partial charge is 0.293 e. The van der Waals surface area contributed by atoms with Crippen LogP contribution < -0.4 is 16.2 Å². The molecule has 17 heavy (non-hydrogen) atoms. The van der Waals surface area contributed by atoms with Crippen LogP contribution >= 0.6 is 0 Å². The first-order valence-electron chi connectivity index (χ1n) is 5.88. The summed E-state index contributed by atoms with van der Waals surface area (Å²) in [6.07, 6.45) is 3.31. The summed E-state index contributed by atoms with van der Waals surface area (Å²) in [7, 11) is 1.73. The summed E-state index contributed by atoms with van der Waals surface area (Å²) in [6.45, 7) is 8.24. The number of aryl methyl sites for hydroxylation is 1. The lowest BCUT2D eigenvalue weighted by molar-refractivity contribution is 0.378. The molecule has 1 rings (SSSR count). The van der Waals surface area contributed by atoms with Crippen molar-refractivity contribution in [3.05, 3.63) is 22.7 Å². The summed E-state index contributed by atoms with van der Waals surface area (Å²) in [6, 6.07) is 0. The van der Waals surface area contributed by atoms with E-state index < -0.39 is 0 Å². The van der Waals surface area contributed by atoms with Crippen molar-refractivity contribution in [2.24, 2.45) is 18.2 Å². The molecule has 0 aliphatic carbocycles. The van der Waals surface area contributed by atoms with Crippen molar-refractivity contribution in [3.63, 3.8) is 0 Å². The summed E-state index contributed by atoms with van der Waals surface area (Å²) in [4.78, 5) is 18.1. The largest absolute Gasteiger partial charge is 0.352 e. The van der Waals surface area contributed by atoms with Crippen LogP contribution in [-0.4, -0.2) is 29.2 Å². The summed E-state index contributed by atoms with van der Waals surface area (Å²) < 4.78 is 1.54. The highest BCUT2D eigenvalue weighted by molar-refractivity contribution is 5.35. The molecular weight excluding hydrogens is 216 g/mol. The number of nitrogens with two attached hydrogens (primary N) is 1. The molecule has 0 aliphatic heterocycles. The van der Waals surface area contributed by atoms with Gasteiger partial charge in [0.2, 0.25) is 0 Å². The van der Waals surface area contributed by atoms with Crippen LogP contribution in [0.3, 0.4) is 0 Å². The van der Waals surface area contributed by atoms with Crippen molar-refractivity contribution in [3.8, 4) is 0 Å². The Labute approximate surface area is 102 Å². The molecule has 0 spiro atoms. The van der Waals surface area contributed by atoms with Crippen LogP contribution in [0.5, 0.6) is 0 Å². The van der Waals surface area contributed by atoms with Gasteiger partial charge in [-0.15, -0.1) is 0 Å². The van der Waals surface area contributed by atoms with Crippen LogP contribution in [0.25, 0.3) is 0 Å². The standard InChI is InChI=1S/C12H22N4O/c1-5-16(9-12(2,3)8-13)10-11(17)15(4)7-6-14-10/h6-7H,5,8-9,13H2,1-4H3. The minimum atomic E-state index is -0.0674. The van der Waals surface area contributed by atoms with Gasteiger partial charge in [-0.1, -0.05) is 13.8 Å². The van der Waals surface area contributed by atoms with Crippen molar-refractivity contribution in [2.75, 3.05) is 24.5 Å². The van der Waals surface area contributed by atoms with Crippen molar-refractivity contribution >= 4 is 5.82 Å². The van der Waals surface area contributed by atoms with E-state index in [0.29, 0.717) is 12.4 Å². The normalized spacial score (nSPS) is 11.6. The van der Waals surface area contributed by atoms with Crippen LogP contribution in [-0.2, 0) is 7.05 Å². The molecule has 96 valence electrons. The molecule has 0 aliphatic rings. The van der Waals surface area contributed by atoms with E-state index in [4.69, 9.17) is 5.73 Å². The molecular formula is C12H22N4O. The molecule has 2 N–H and O–H groups in total. The molecule has 1 aromatic rings. The molecule has 1 heterocycles. The van der Waals surface area contributed by atoms with Gasteiger partial charge in [-0.3, -0.25) is 4.79 Å². The van der Waals surface area contributed by atoms with E-state index in [2.05, 4.69) is 18.8 Å². The second-order valence-corrected chi connectivity index (χ2v) is 5.05. The maximum atomic E-state index is 12.0. The summed E-state index contributed by atoms with van der Waals surface area (Å²) in [5.74, 6) is 0.499. The predicted octanol–water partition coefficient (Wildman–Crippen LogP) is 0.591. The summed E-state index contributed by atoms with van der Waals surface area (Å²) in [5, 5.41) is 0. The van der Waals surface area contributed by atoms with Crippen molar-refractivity contribution in [1.29, 1.82) is 0 Å². The number of aromatic nitrogens is 2. The van der Waals surface area contributed by atoms with Gasteiger partial charge in [-0.2, -0.15) is 0 Å². The van der Waals surface area contributed by atoms with Gasteiger partial charge in [0.05, 0.1) is 0 Å². The Balaban J connectivity index is 3.03. The quantitative estimate of drug-likeness (QED) is 0.815. The third-order valence-electron chi connectivity index (χ3n) is 2.85. The zero-order valence-electron chi connectivity index (χ0n) is 11.1. The van der Waals surface area contributed by atoms with E-state index in [-0.39, 0.29) is 11.0 Å². The molecule has 1 aromatic heterocycles. The van der Waals surface area contributed by atoms with Gasteiger partial charge in [0.25, 0.3) is 5.56 Å². The zero-order valence-corrected chi connectivity index (χ0v) is 11.1. The van der Waals surface area contributed by atoms with Crippen LogP contribution in [0.15, 0.2) is 17.2 Å². The Kier molecular flexibility index (Phi) is 4.28. The Hall–Kier alpha value is -1.36. The highest BCUT2D eigenvalue weighted by Crippen LogP contribution is 2.17. The van der Waals surface area contributed by atoms with Gasteiger partial charge >= 0.3 is 0 Å². The molecule has 0 radical (unpaired) electrons. The molecule has 0 atom stereocenters. The zero-order chi connectivity index (χ0) is 13.1. The summed E-state index contributed by atoms with van der Waals surface area (Å²) in [5.41, 5.74) is 5.63. The lowest BCUT2D eigenvalue weighted by atomic mass is 9.93. The Morgan fingerprint density at radius 2 is 2.18 bits per heavy atom. The fourth-order valence-corrected chi connectivity index (χ4v) is 1.62. The fraction of sp³-hybridized carbons (Fsp3) is 0.667. The SMILES string of the molecule is CCN(CC(C)(C)CN)c1nccn(C)c1=O. The average Bonchev–Trinajstić information content (AvgIpc) is 2.30. The second kappa shape index (κ2) is 5.31. The first-order valence-corrected chi connectivity index (χ1v) is 5.88.